The van der Waals surface area contributed by atoms with Gasteiger partial charge in [0.25, 0.3) is 0 Å². The standard InChI is InChI=1S/C12H17FN2/c1-3-12(4-2)8-14-11-9(13)6-5-7-10(11)15-12/h5-7,14-15H,3-4,8H2,1-2H3. The molecule has 0 fully saturated rings. The van der Waals surface area contributed by atoms with Crippen molar-refractivity contribution >= 4 is 11.4 Å². The maximum absolute atomic E-state index is 13.4. The maximum Gasteiger partial charge on any atom is 0.148 e. The van der Waals surface area contributed by atoms with E-state index in [0.29, 0.717) is 5.69 Å². The second kappa shape index (κ2) is 3.72. The van der Waals surface area contributed by atoms with Crippen molar-refractivity contribution in [2.45, 2.75) is 32.2 Å². The van der Waals surface area contributed by atoms with E-state index < -0.39 is 0 Å². The molecule has 2 nitrogen and oxygen atoms in total. The van der Waals surface area contributed by atoms with Crippen molar-refractivity contribution in [1.82, 2.24) is 0 Å². The number of anilines is 2. The highest BCUT2D eigenvalue weighted by molar-refractivity contribution is 5.72. The number of rotatable bonds is 2. The Morgan fingerprint density at radius 2 is 2.07 bits per heavy atom. The van der Waals surface area contributed by atoms with Crippen LogP contribution in [0.4, 0.5) is 15.8 Å². The minimum atomic E-state index is -0.180. The van der Waals surface area contributed by atoms with Gasteiger partial charge in [-0.2, -0.15) is 0 Å². The zero-order valence-corrected chi connectivity index (χ0v) is 9.23. The maximum atomic E-state index is 13.4. The molecule has 1 aromatic rings. The van der Waals surface area contributed by atoms with Gasteiger partial charge in [-0.3, -0.25) is 0 Å². The Labute approximate surface area is 89.9 Å². The molecule has 0 aliphatic carbocycles. The van der Waals surface area contributed by atoms with Crippen LogP contribution in [0.3, 0.4) is 0 Å². The number of hydrogen-bond acceptors (Lipinski definition) is 2. The van der Waals surface area contributed by atoms with Gasteiger partial charge in [-0.05, 0) is 25.0 Å². The second-order valence-corrected chi connectivity index (χ2v) is 4.13. The Kier molecular flexibility index (Phi) is 2.55. The first-order chi connectivity index (χ1) is 7.21. The fourth-order valence-corrected chi connectivity index (χ4v) is 2.07. The Morgan fingerprint density at radius 1 is 1.33 bits per heavy atom. The highest BCUT2D eigenvalue weighted by Crippen LogP contribution is 2.34. The SMILES string of the molecule is CCC1(CC)CNc2c(F)cccc2N1. The lowest BCUT2D eigenvalue weighted by atomic mass is 9.90. The Balaban J connectivity index is 2.34. The molecule has 2 rings (SSSR count). The first kappa shape index (κ1) is 10.3. The predicted octanol–water partition coefficient (Wildman–Crippen LogP) is 3.22. The zero-order chi connectivity index (χ0) is 10.9. The van der Waals surface area contributed by atoms with Crippen LogP contribution in [0, 0.1) is 5.82 Å². The Hall–Kier alpha value is -1.25. The third-order valence-electron chi connectivity index (χ3n) is 3.37. The minimum Gasteiger partial charge on any atom is -0.379 e. The summed E-state index contributed by atoms with van der Waals surface area (Å²) >= 11 is 0. The topological polar surface area (TPSA) is 24.1 Å². The van der Waals surface area contributed by atoms with Crippen molar-refractivity contribution in [1.29, 1.82) is 0 Å². The fourth-order valence-electron chi connectivity index (χ4n) is 2.07. The largest absolute Gasteiger partial charge is 0.379 e. The van der Waals surface area contributed by atoms with Gasteiger partial charge in [0.05, 0.1) is 16.9 Å². The molecule has 1 heterocycles. The van der Waals surface area contributed by atoms with Gasteiger partial charge < -0.3 is 10.6 Å². The van der Waals surface area contributed by atoms with E-state index in [2.05, 4.69) is 24.5 Å². The summed E-state index contributed by atoms with van der Waals surface area (Å²) in [6.07, 6.45) is 2.07. The van der Waals surface area contributed by atoms with E-state index in [4.69, 9.17) is 0 Å². The van der Waals surface area contributed by atoms with Crippen LogP contribution in [-0.4, -0.2) is 12.1 Å². The highest BCUT2D eigenvalue weighted by Gasteiger charge is 2.31. The lowest BCUT2D eigenvalue weighted by Crippen LogP contribution is -2.46. The molecule has 3 heteroatoms. The van der Waals surface area contributed by atoms with Crippen LogP contribution in [0.5, 0.6) is 0 Å². The Bertz CT molecular complexity index is 359. The molecule has 0 saturated heterocycles. The molecule has 0 unspecified atom stereocenters. The molecule has 0 atom stereocenters. The summed E-state index contributed by atoms with van der Waals surface area (Å²) in [4.78, 5) is 0. The highest BCUT2D eigenvalue weighted by atomic mass is 19.1. The van der Waals surface area contributed by atoms with Gasteiger partial charge in [0.2, 0.25) is 0 Å². The number of fused-ring (bicyclic) bond motifs is 1. The summed E-state index contributed by atoms with van der Waals surface area (Å²) in [5.74, 6) is -0.180. The van der Waals surface area contributed by atoms with E-state index in [0.717, 1.165) is 25.1 Å². The number of para-hydroxylation sites is 1. The minimum absolute atomic E-state index is 0.0702. The molecule has 0 radical (unpaired) electrons. The lowest BCUT2D eigenvalue weighted by Gasteiger charge is -2.39. The number of benzene rings is 1. The van der Waals surface area contributed by atoms with Crippen LogP contribution in [-0.2, 0) is 0 Å². The fraction of sp³-hybridized carbons (Fsp3) is 0.500. The molecule has 0 saturated carbocycles. The second-order valence-electron chi connectivity index (χ2n) is 4.13. The van der Waals surface area contributed by atoms with E-state index in [-0.39, 0.29) is 11.4 Å². The third-order valence-corrected chi connectivity index (χ3v) is 3.37. The smallest absolute Gasteiger partial charge is 0.148 e. The average Bonchev–Trinajstić information content (AvgIpc) is 2.29. The van der Waals surface area contributed by atoms with Gasteiger partial charge in [0.1, 0.15) is 5.82 Å². The van der Waals surface area contributed by atoms with E-state index in [1.165, 1.54) is 6.07 Å². The van der Waals surface area contributed by atoms with Gasteiger partial charge in [0.15, 0.2) is 0 Å². The summed E-state index contributed by atoms with van der Waals surface area (Å²) in [5, 5.41) is 6.63. The number of nitrogens with one attached hydrogen (secondary N) is 2. The van der Waals surface area contributed by atoms with Gasteiger partial charge in [-0.1, -0.05) is 19.9 Å². The molecular weight excluding hydrogens is 191 g/mol. The first-order valence-corrected chi connectivity index (χ1v) is 5.51. The zero-order valence-electron chi connectivity index (χ0n) is 9.23. The molecular formula is C12H17FN2. The molecule has 1 aliphatic rings. The van der Waals surface area contributed by atoms with Gasteiger partial charge >= 0.3 is 0 Å². The molecule has 0 amide bonds. The number of halogens is 1. The summed E-state index contributed by atoms with van der Waals surface area (Å²) < 4.78 is 13.4. The van der Waals surface area contributed by atoms with E-state index in [1.54, 1.807) is 6.07 Å². The summed E-state index contributed by atoms with van der Waals surface area (Å²) in [6.45, 7) is 5.10. The van der Waals surface area contributed by atoms with Gasteiger partial charge in [0, 0.05) is 6.54 Å². The van der Waals surface area contributed by atoms with Gasteiger partial charge in [-0.25, -0.2) is 4.39 Å². The first-order valence-electron chi connectivity index (χ1n) is 5.51. The molecule has 0 bridgehead atoms. The molecule has 0 spiro atoms. The van der Waals surface area contributed by atoms with Crippen molar-refractivity contribution in [3.63, 3.8) is 0 Å². The van der Waals surface area contributed by atoms with E-state index >= 15 is 0 Å². The third kappa shape index (κ3) is 1.66. The lowest BCUT2D eigenvalue weighted by molar-refractivity contribution is 0.449. The van der Waals surface area contributed by atoms with Crippen molar-refractivity contribution < 1.29 is 4.39 Å². The molecule has 2 N–H and O–H groups in total. The molecule has 0 aromatic heterocycles. The van der Waals surface area contributed by atoms with Crippen molar-refractivity contribution in [3.05, 3.63) is 24.0 Å². The van der Waals surface area contributed by atoms with Crippen molar-refractivity contribution in [2.24, 2.45) is 0 Å². The van der Waals surface area contributed by atoms with Crippen LogP contribution >= 0.6 is 0 Å². The van der Waals surface area contributed by atoms with Crippen LogP contribution in [0.15, 0.2) is 18.2 Å². The summed E-state index contributed by atoms with van der Waals surface area (Å²) in [5.41, 5.74) is 1.56. The molecule has 1 aliphatic heterocycles. The molecule has 15 heavy (non-hydrogen) atoms. The molecule has 1 aromatic carbocycles. The summed E-state index contributed by atoms with van der Waals surface area (Å²) in [6, 6.07) is 5.15. The van der Waals surface area contributed by atoms with Crippen LogP contribution in [0.2, 0.25) is 0 Å². The molecule has 82 valence electrons. The quantitative estimate of drug-likeness (QED) is 0.779. The Morgan fingerprint density at radius 3 is 2.73 bits per heavy atom. The van der Waals surface area contributed by atoms with Crippen LogP contribution in [0.1, 0.15) is 26.7 Å². The average molecular weight is 208 g/mol. The summed E-state index contributed by atoms with van der Waals surface area (Å²) in [7, 11) is 0. The predicted molar refractivity (Wildman–Crippen MR) is 61.8 cm³/mol. The van der Waals surface area contributed by atoms with Crippen LogP contribution < -0.4 is 10.6 Å². The monoisotopic (exact) mass is 208 g/mol. The normalized spacial score (nSPS) is 17.5. The van der Waals surface area contributed by atoms with Crippen molar-refractivity contribution in [2.75, 3.05) is 17.2 Å². The van der Waals surface area contributed by atoms with Gasteiger partial charge in [-0.15, -0.1) is 0 Å². The van der Waals surface area contributed by atoms with E-state index in [1.807, 2.05) is 6.07 Å². The van der Waals surface area contributed by atoms with Crippen LogP contribution in [0.25, 0.3) is 0 Å². The van der Waals surface area contributed by atoms with E-state index in [9.17, 15) is 4.39 Å². The number of hydrogen-bond donors (Lipinski definition) is 2. The van der Waals surface area contributed by atoms with Crippen molar-refractivity contribution in [3.8, 4) is 0 Å².